The number of hydrogen-bond donors (Lipinski definition) is 1. The summed E-state index contributed by atoms with van der Waals surface area (Å²) in [6.07, 6.45) is 0.769. The molecule has 2 amide bonds. The van der Waals surface area contributed by atoms with Crippen LogP contribution < -0.4 is 10.2 Å². The predicted octanol–water partition coefficient (Wildman–Crippen LogP) is 5.28. The van der Waals surface area contributed by atoms with Gasteiger partial charge in [0.2, 0.25) is 11.8 Å². The van der Waals surface area contributed by atoms with E-state index in [4.69, 9.17) is 5.10 Å². The fourth-order valence-electron chi connectivity index (χ4n) is 4.22. The van der Waals surface area contributed by atoms with Crippen LogP contribution in [-0.2, 0) is 15.1 Å². The first-order valence-corrected chi connectivity index (χ1v) is 13.0. The number of hydrogen-bond acceptors (Lipinski definition) is 4. The highest BCUT2D eigenvalue weighted by Gasteiger charge is 2.40. The second-order valence-electron chi connectivity index (χ2n) is 9.72. The number of carbonyl (C=O) groups is 2. The van der Waals surface area contributed by atoms with Gasteiger partial charge in [0.05, 0.1) is 22.2 Å². The molecule has 4 rings (SSSR count). The molecule has 9 heteroatoms. The lowest BCUT2D eigenvalue weighted by Gasteiger charge is -2.28. The average molecular weight is 513 g/mol. The number of rotatable bonds is 6. The van der Waals surface area contributed by atoms with Gasteiger partial charge in [-0.15, -0.1) is 11.8 Å². The van der Waals surface area contributed by atoms with Crippen molar-refractivity contribution < 1.29 is 18.4 Å². The van der Waals surface area contributed by atoms with E-state index in [9.17, 15) is 14.0 Å². The van der Waals surface area contributed by atoms with Gasteiger partial charge < -0.3 is 5.32 Å². The van der Waals surface area contributed by atoms with E-state index in [0.717, 1.165) is 18.1 Å². The molecule has 190 valence electrons. The number of nitrogens with one attached hydrogen (secondary N) is 1. The van der Waals surface area contributed by atoms with Crippen LogP contribution in [0.15, 0.2) is 48.5 Å². The number of aromatic nitrogens is 2. The molecule has 0 saturated carbocycles. The van der Waals surface area contributed by atoms with Gasteiger partial charge in [-0.1, -0.05) is 43.3 Å². The van der Waals surface area contributed by atoms with Crippen LogP contribution in [0, 0.1) is 11.6 Å². The molecule has 3 aromatic rings. The van der Waals surface area contributed by atoms with E-state index in [1.165, 1.54) is 28.8 Å². The molecular formula is C27H30F2N4O2S. The first-order chi connectivity index (χ1) is 17.1. The van der Waals surface area contributed by atoms with Crippen LogP contribution in [0.2, 0.25) is 0 Å². The molecule has 2 heterocycles. The lowest BCUT2D eigenvalue weighted by molar-refractivity contribution is -0.122. The Balaban J connectivity index is 2.00. The van der Waals surface area contributed by atoms with E-state index in [-0.39, 0.29) is 29.7 Å². The minimum absolute atomic E-state index is 0.0234. The smallest absolute Gasteiger partial charge is 0.240 e. The number of anilines is 1. The summed E-state index contributed by atoms with van der Waals surface area (Å²) in [5.74, 6) is -1.44. The van der Waals surface area contributed by atoms with Crippen molar-refractivity contribution in [3.63, 3.8) is 0 Å². The first-order valence-electron chi connectivity index (χ1n) is 11.9. The maximum Gasteiger partial charge on any atom is 0.240 e. The number of thioether (sulfide) groups is 1. The number of carbonyl (C=O) groups excluding carboxylic acids is 2. The summed E-state index contributed by atoms with van der Waals surface area (Å²) in [5, 5.41) is 7.13. The van der Waals surface area contributed by atoms with E-state index >= 15 is 4.39 Å². The minimum atomic E-state index is -0.692. The fraction of sp³-hybridized carbons (Fsp3) is 0.370. The average Bonchev–Trinajstić information content (AvgIpc) is 3.18. The minimum Gasteiger partial charge on any atom is -0.355 e. The summed E-state index contributed by atoms with van der Waals surface area (Å²) in [6, 6.07) is 13.0. The molecular weight excluding hydrogens is 482 g/mol. The van der Waals surface area contributed by atoms with Crippen molar-refractivity contribution in [3.05, 3.63) is 71.3 Å². The summed E-state index contributed by atoms with van der Waals surface area (Å²) in [5.41, 5.74) is 1.72. The number of fused-ring (bicyclic) bond motifs is 1. The molecule has 0 radical (unpaired) electrons. The van der Waals surface area contributed by atoms with Gasteiger partial charge in [0.25, 0.3) is 0 Å². The van der Waals surface area contributed by atoms with Gasteiger partial charge >= 0.3 is 0 Å². The van der Waals surface area contributed by atoms with E-state index in [0.29, 0.717) is 23.6 Å². The molecule has 0 saturated heterocycles. The number of benzene rings is 2. The zero-order valence-electron chi connectivity index (χ0n) is 20.8. The molecule has 0 spiro atoms. The Bertz CT molecular complexity index is 1270. The van der Waals surface area contributed by atoms with Crippen molar-refractivity contribution in [3.8, 4) is 11.3 Å². The Kier molecular flexibility index (Phi) is 7.49. The van der Waals surface area contributed by atoms with Gasteiger partial charge in [0.15, 0.2) is 0 Å². The molecule has 0 bridgehead atoms. The Morgan fingerprint density at radius 3 is 2.53 bits per heavy atom. The molecule has 1 aromatic heterocycles. The highest BCUT2D eigenvalue weighted by atomic mass is 32.2. The van der Waals surface area contributed by atoms with Crippen molar-refractivity contribution in [2.75, 3.05) is 23.7 Å². The Morgan fingerprint density at radius 1 is 1.17 bits per heavy atom. The van der Waals surface area contributed by atoms with Crippen LogP contribution in [0.4, 0.5) is 14.6 Å². The number of nitrogens with zero attached hydrogens (tertiary/aromatic N) is 3. The van der Waals surface area contributed by atoms with Gasteiger partial charge in [-0.25, -0.2) is 13.5 Å². The molecule has 1 atom stereocenters. The zero-order chi connectivity index (χ0) is 26.0. The van der Waals surface area contributed by atoms with E-state index < -0.39 is 22.4 Å². The maximum absolute atomic E-state index is 15.1. The molecule has 36 heavy (non-hydrogen) atoms. The molecule has 2 aromatic carbocycles. The van der Waals surface area contributed by atoms with E-state index in [1.54, 1.807) is 4.68 Å². The quantitative estimate of drug-likeness (QED) is 0.488. The van der Waals surface area contributed by atoms with Crippen LogP contribution in [0.25, 0.3) is 11.3 Å². The largest absolute Gasteiger partial charge is 0.355 e. The van der Waals surface area contributed by atoms with Crippen molar-refractivity contribution in [2.24, 2.45) is 0 Å². The van der Waals surface area contributed by atoms with Crippen LogP contribution in [-0.4, -0.2) is 40.4 Å². The van der Waals surface area contributed by atoms with Gasteiger partial charge in [-0.3, -0.25) is 14.5 Å². The second kappa shape index (κ2) is 10.4. The van der Waals surface area contributed by atoms with Crippen LogP contribution in [0.3, 0.4) is 0 Å². The predicted molar refractivity (Wildman–Crippen MR) is 139 cm³/mol. The Morgan fingerprint density at radius 2 is 1.89 bits per heavy atom. The third kappa shape index (κ3) is 5.16. The summed E-state index contributed by atoms with van der Waals surface area (Å²) in [4.78, 5) is 27.7. The summed E-state index contributed by atoms with van der Waals surface area (Å²) >= 11 is 1.25. The molecule has 0 aliphatic carbocycles. The zero-order valence-corrected chi connectivity index (χ0v) is 21.7. The standard InChI is InChI=1S/C27H30F2N4O2S/c1-5-13-30-21(34)15-32-22(35)16-36-25(19-12-11-18(28)14-20(19)29)23-24(17-9-7-6-8-10-17)31-33(26(23)32)27(2,3)4/h6-12,14,25H,5,13,15-16H2,1-4H3,(H,30,34)/t25-/m1/s1. The van der Waals surface area contributed by atoms with Crippen molar-refractivity contribution in [1.29, 1.82) is 0 Å². The second-order valence-corrected chi connectivity index (χ2v) is 10.8. The molecule has 0 fully saturated rings. The Hall–Kier alpha value is -3.20. The van der Waals surface area contributed by atoms with Gasteiger partial charge in [0.1, 0.15) is 24.0 Å². The monoisotopic (exact) mass is 512 g/mol. The number of halogens is 2. The lowest BCUT2D eigenvalue weighted by atomic mass is 9.98. The summed E-state index contributed by atoms with van der Waals surface area (Å²) in [6.45, 7) is 8.15. The molecule has 1 N–H and O–H groups in total. The normalized spacial score (nSPS) is 16.0. The third-order valence-electron chi connectivity index (χ3n) is 5.89. The van der Waals surface area contributed by atoms with Crippen molar-refractivity contribution in [1.82, 2.24) is 15.1 Å². The summed E-state index contributed by atoms with van der Waals surface area (Å²) in [7, 11) is 0. The molecule has 1 aliphatic heterocycles. The first kappa shape index (κ1) is 25.9. The fourth-order valence-corrected chi connectivity index (χ4v) is 5.44. The van der Waals surface area contributed by atoms with E-state index in [2.05, 4.69) is 5.32 Å². The Labute approximate surface area is 214 Å². The highest BCUT2D eigenvalue weighted by molar-refractivity contribution is 8.00. The molecule has 0 unspecified atom stereocenters. The van der Waals surface area contributed by atoms with E-state index in [1.807, 2.05) is 58.0 Å². The van der Waals surface area contributed by atoms with Gasteiger partial charge in [0, 0.05) is 29.3 Å². The van der Waals surface area contributed by atoms with Gasteiger partial charge in [-0.2, -0.15) is 5.10 Å². The summed E-state index contributed by atoms with van der Waals surface area (Å²) < 4.78 is 30.7. The highest BCUT2D eigenvalue weighted by Crippen LogP contribution is 2.49. The van der Waals surface area contributed by atoms with Crippen LogP contribution in [0.1, 0.15) is 50.5 Å². The van der Waals surface area contributed by atoms with Gasteiger partial charge in [-0.05, 0) is 33.3 Å². The molecule has 1 aliphatic rings. The third-order valence-corrected chi connectivity index (χ3v) is 7.13. The maximum atomic E-state index is 15.1. The topological polar surface area (TPSA) is 67.2 Å². The van der Waals surface area contributed by atoms with Crippen molar-refractivity contribution >= 4 is 29.4 Å². The van der Waals surface area contributed by atoms with Crippen LogP contribution >= 0.6 is 11.8 Å². The number of amides is 2. The lowest BCUT2D eigenvalue weighted by Crippen LogP contribution is -2.44. The van der Waals surface area contributed by atoms with Crippen molar-refractivity contribution in [2.45, 2.75) is 44.9 Å². The SMILES string of the molecule is CCCNC(=O)CN1C(=O)CS[C@H](c2ccc(F)cc2F)c2c(-c3ccccc3)nn(C(C)(C)C)c21. The van der Waals surface area contributed by atoms with Crippen LogP contribution in [0.5, 0.6) is 0 Å². The molecule has 6 nitrogen and oxygen atoms in total.